The smallest absolute Gasteiger partial charge is 0.251 e. The fourth-order valence-electron chi connectivity index (χ4n) is 3.47. The normalized spacial score (nSPS) is 13.6. The maximum absolute atomic E-state index is 12.2. The molecule has 2 heterocycles. The van der Waals surface area contributed by atoms with Crippen molar-refractivity contribution in [3.8, 4) is 0 Å². The van der Waals surface area contributed by atoms with Crippen LogP contribution in [0.3, 0.4) is 0 Å². The van der Waals surface area contributed by atoms with E-state index in [1.165, 1.54) is 6.42 Å². The molecule has 2 aromatic rings. The van der Waals surface area contributed by atoms with Crippen molar-refractivity contribution in [2.75, 3.05) is 13.1 Å². The molecular weight excluding hydrogens is 342 g/mol. The molecule has 7 nitrogen and oxygen atoms in total. The van der Waals surface area contributed by atoms with Crippen molar-refractivity contribution < 1.29 is 9.59 Å². The van der Waals surface area contributed by atoms with E-state index in [9.17, 15) is 9.59 Å². The molecule has 144 valence electrons. The first-order chi connectivity index (χ1) is 13.0. The minimum atomic E-state index is -0.236. The van der Waals surface area contributed by atoms with Crippen molar-refractivity contribution in [3.05, 3.63) is 46.5 Å². The van der Waals surface area contributed by atoms with E-state index < -0.39 is 0 Å². The van der Waals surface area contributed by atoms with Crippen LogP contribution in [0.5, 0.6) is 0 Å². The molecule has 1 aliphatic rings. The van der Waals surface area contributed by atoms with E-state index in [0.717, 1.165) is 48.6 Å². The molecule has 7 heteroatoms. The van der Waals surface area contributed by atoms with Crippen LogP contribution in [-0.4, -0.2) is 39.7 Å². The average molecular weight is 369 g/mol. The van der Waals surface area contributed by atoms with Gasteiger partial charge in [0.1, 0.15) is 11.6 Å². The van der Waals surface area contributed by atoms with Crippen LogP contribution in [-0.2, 0) is 24.2 Å². The molecule has 0 saturated heterocycles. The highest BCUT2D eigenvalue weighted by Gasteiger charge is 2.15. The largest absolute Gasteiger partial charge is 0.354 e. The number of carbonyl (C=O) groups is 2. The Kier molecular flexibility index (Phi) is 6.21. The molecule has 2 N–H and O–H groups in total. The summed E-state index contributed by atoms with van der Waals surface area (Å²) < 4.78 is 2.18. The third-order valence-electron chi connectivity index (χ3n) is 4.75. The third kappa shape index (κ3) is 5.15. The summed E-state index contributed by atoms with van der Waals surface area (Å²) in [5.41, 5.74) is 2.63. The molecule has 2 amide bonds. The van der Waals surface area contributed by atoms with Gasteiger partial charge in [0.05, 0.1) is 6.54 Å². The Morgan fingerprint density at radius 3 is 2.59 bits per heavy atom. The number of fused-ring (bicyclic) bond motifs is 1. The van der Waals surface area contributed by atoms with E-state index in [1.807, 2.05) is 32.0 Å². The van der Waals surface area contributed by atoms with E-state index in [1.54, 1.807) is 0 Å². The molecule has 0 aliphatic carbocycles. The van der Waals surface area contributed by atoms with Crippen LogP contribution in [0, 0.1) is 13.8 Å². The van der Waals surface area contributed by atoms with Gasteiger partial charge in [-0.2, -0.15) is 0 Å². The van der Waals surface area contributed by atoms with Gasteiger partial charge >= 0.3 is 0 Å². The summed E-state index contributed by atoms with van der Waals surface area (Å²) in [6.07, 6.45) is 5.15. The fourth-order valence-corrected chi connectivity index (χ4v) is 3.47. The van der Waals surface area contributed by atoms with Gasteiger partial charge in [0.25, 0.3) is 5.91 Å². The van der Waals surface area contributed by atoms with E-state index in [0.29, 0.717) is 18.5 Å². The van der Waals surface area contributed by atoms with E-state index in [4.69, 9.17) is 0 Å². The van der Waals surface area contributed by atoms with Gasteiger partial charge in [0, 0.05) is 31.5 Å². The molecule has 0 atom stereocenters. The lowest BCUT2D eigenvalue weighted by molar-refractivity contribution is -0.120. The summed E-state index contributed by atoms with van der Waals surface area (Å²) in [6.45, 7) is 5.29. The first kappa shape index (κ1) is 19.1. The van der Waals surface area contributed by atoms with Crippen molar-refractivity contribution in [1.82, 2.24) is 25.4 Å². The summed E-state index contributed by atoms with van der Waals surface area (Å²) >= 11 is 0. The molecule has 0 bridgehead atoms. The second-order valence-corrected chi connectivity index (χ2v) is 7.15. The van der Waals surface area contributed by atoms with Crippen molar-refractivity contribution in [2.24, 2.45) is 0 Å². The standard InChI is InChI=1S/C20H27N5O2/c1-14-10-15(2)12-16(11-14)20(27)22-13-19(26)21-8-7-18-24-23-17-6-4-3-5-9-25(17)18/h10-12H,3-9,13H2,1-2H3,(H,21,26)(H,22,27). The molecule has 0 radical (unpaired) electrons. The van der Waals surface area contributed by atoms with Gasteiger partial charge in [-0.3, -0.25) is 9.59 Å². The Labute approximate surface area is 159 Å². The quantitative estimate of drug-likeness (QED) is 0.811. The van der Waals surface area contributed by atoms with Crippen LogP contribution in [0.1, 0.15) is 52.4 Å². The maximum Gasteiger partial charge on any atom is 0.251 e. The Hall–Kier alpha value is -2.70. The molecular formula is C20H27N5O2. The second kappa shape index (κ2) is 8.79. The van der Waals surface area contributed by atoms with Crippen LogP contribution in [0.4, 0.5) is 0 Å². The van der Waals surface area contributed by atoms with Crippen molar-refractivity contribution in [2.45, 2.75) is 52.5 Å². The maximum atomic E-state index is 12.2. The van der Waals surface area contributed by atoms with Crippen LogP contribution < -0.4 is 10.6 Å². The molecule has 3 rings (SSSR count). The topological polar surface area (TPSA) is 88.9 Å². The van der Waals surface area contributed by atoms with Crippen molar-refractivity contribution in [3.63, 3.8) is 0 Å². The van der Waals surface area contributed by atoms with Gasteiger partial charge in [0.2, 0.25) is 5.91 Å². The number of carbonyl (C=O) groups excluding carboxylic acids is 2. The van der Waals surface area contributed by atoms with E-state index >= 15 is 0 Å². The highest BCUT2D eigenvalue weighted by molar-refractivity contribution is 5.96. The Morgan fingerprint density at radius 2 is 1.81 bits per heavy atom. The highest BCUT2D eigenvalue weighted by Crippen LogP contribution is 2.14. The molecule has 0 spiro atoms. The Morgan fingerprint density at radius 1 is 1.04 bits per heavy atom. The van der Waals surface area contributed by atoms with Gasteiger partial charge in [-0.1, -0.05) is 23.6 Å². The van der Waals surface area contributed by atoms with Crippen LogP contribution in [0.15, 0.2) is 18.2 Å². The molecule has 0 unspecified atom stereocenters. The first-order valence-corrected chi connectivity index (χ1v) is 9.57. The first-order valence-electron chi connectivity index (χ1n) is 9.57. The Balaban J connectivity index is 1.44. The molecule has 0 fully saturated rings. The molecule has 1 aliphatic heterocycles. The summed E-state index contributed by atoms with van der Waals surface area (Å²) in [6, 6.07) is 5.64. The zero-order valence-electron chi connectivity index (χ0n) is 16.0. The van der Waals surface area contributed by atoms with Crippen LogP contribution in [0.25, 0.3) is 0 Å². The van der Waals surface area contributed by atoms with E-state index in [2.05, 4.69) is 25.4 Å². The van der Waals surface area contributed by atoms with Gasteiger partial charge in [-0.15, -0.1) is 10.2 Å². The van der Waals surface area contributed by atoms with Gasteiger partial charge in [0.15, 0.2) is 0 Å². The molecule has 0 saturated carbocycles. The zero-order valence-corrected chi connectivity index (χ0v) is 16.0. The number of hydrogen-bond acceptors (Lipinski definition) is 4. The minimum Gasteiger partial charge on any atom is -0.354 e. The van der Waals surface area contributed by atoms with Gasteiger partial charge < -0.3 is 15.2 Å². The third-order valence-corrected chi connectivity index (χ3v) is 4.75. The molecule has 1 aromatic carbocycles. The summed E-state index contributed by atoms with van der Waals surface area (Å²) in [5.74, 6) is 1.53. The second-order valence-electron chi connectivity index (χ2n) is 7.15. The lowest BCUT2D eigenvalue weighted by Crippen LogP contribution is -2.37. The number of hydrogen-bond donors (Lipinski definition) is 2. The highest BCUT2D eigenvalue weighted by atomic mass is 16.2. The average Bonchev–Trinajstić information content (AvgIpc) is 2.86. The number of nitrogens with zero attached hydrogens (tertiary/aromatic N) is 3. The minimum absolute atomic E-state index is 0.0379. The summed E-state index contributed by atoms with van der Waals surface area (Å²) in [7, 11) is 0. The van der Waals surface area contributed by atoms with Gasteiger partial charge in [-0.05, 0) is 38.8 Å². The Bertz CT molecular complexity index is 808. The van der Waals surface area contributed by atoms with Crippen LogP contribution in [0.2, 0.25) is 0 Å². The SMILES string of the molecule is Cc1cc(C)cc(C(=O)NCC(=O)NCCc2nnc3n2CCCCC3)c1. The fraction of sp³-hybridized carbons (Fsp3) is 0.500. The molecule has 1 aromatic heterocycles. The number of benzene rings is 1. The van der Waals surface area contributed by atoms with E-state index in [-0.39, 0.29) is 18.4 Å². The zero-order chi connectivity index (χ0) is 19.2. The molecule has 27 heavy (non-hydrogen) atoms. The lowest BCUT2D eigenvalue weighted by Gasteiger charge is -2.09. The number of aryl methyl sites for hydroxylation is 3. The summed E-state index contributed by atoms with van der Waals surface area (Å²) in [5, 5.41) is 14.0. The van der Waals surface area contributed by atoms with Crippen molar-refractivity contribution in [1.29, 1.82) is 0 Å². The number of rotatable bonds is 6. The lowest BCUT2D eigenvalue weighted by atomic mass is 10.1. The summed E-state index contributed by atoms with van der Waals surface area (Å²) in [4.78, 5) is 24.2. The monoisotopic (exact) mass is 369 g/mol. The predicted molar refractivity (Wildman–Crippen MR) is 103 cm³/mol. The van der Waals surface area contributed by atoms with Crippen molar-refractivity contribution >= 4 is 11.8 Å². The predicted octanol–water partition coefficient (Wildman–Crippen LogP) is 1.71. The number of amides is 2. The van der Waals surface area contributed by atoms with Crippen LogP contribution >= 0.6 is 0 Å². The van der Waals surface area contributed by atoms with Gasteiger partial charge in [-0.25, -0.2) is 0 Å². The number of nitrogens with one attached hydrogen (secondary N) is 2. The number of aromatic nitrogens is 3.